The van der Waals surface area contributed by atoms with Crippen molar-refractivity contribution in [1.82, 2.24) is 10.2 Å². The summed E-state index contributed by atoms with van der Waals surface area (Å²) >= 11 is 12.4. The van der Waals surface area contributed by atoms with Gasteiger partial charge in [-0.15, -0.1) is 23.2 Å². The van der Waals surface area contributed by atoms with Gasteiger partial charge in [-0.3, -0.25) is 9.59 Å². The molecule has 6 nitrogen and oxygen atoms in total. The molecule has 0 bridgehead atoms. The van der Waals surface area contributed by atoms with Crippen LogP contribution in [0.15, 0.2) is 0 Å². The lowest BCUT2D eigenvalue weighted by Crippen LogP contribution is -2.52. The minimum Gasteiger partial charge on any atom is -0.393 e. The van der Waals surface area contributed by atoms with Crippen LogP contribution in [0.3, 0.4) is 0 Å². The lowest BCUT2D eigenvalue weighted by atomic mass is 9.74. The Balaban J connectivity index is 1.51. The molecular formula is C17H27Cl2N3O3. The Hall–Kier alpha value is -0.560. The summed E-state index contributed by atoms with van der Waals surface area (Å²) in [5.41, 5.74) is 6.46. The lowest BCUT2D eigenvalue weighted by molar-refractivity contribution is -0.137. The molecule has 0 spiro atoms. The number of nitrogens with two attached hydrogens (primary N) is 1. The van der Waals surface area contributed by atoms with Crippen LogP contribution in [0, 0.1) is 17.8 Å². The van der Waals surface area contributed by atoms with Crippen molar-refractivity contribution in [3.63, 3.8) is 0 Å². The zero-order valence-electron chi connectivity index (χ0n) is 14.2. The van der Waals surface area contributed by atoms with E-state index in [2.05, 4.69) is 5.32 Å². The molecule has 142 valence electrons. The van der Waals surface area contributed by atoms with Crippen LogP contribution >= 0.6 is 23.2 Å². The number of piperidine rings is 1. The van der Waals surface area contributed by atoms with E-state index in [4.69, 9.17) is 28.9 Å². The van der Waals surface area contributed by atoms with E-state index in [1.54, 1.807) is 0 Å². The van der Waals surface area contributed by atoms with Crippen LogP contribution in [-0.2, 0) is 9.59 Å². The summed E-state index contributed by atoms with van der Waals surface area (Å²) in [6.45, 7) is 1.77. The van der Waals surface area contributed by atoms with Gasteiger partial charge in [0.15, 0.2) is 0 Å². The molecule has 2 saturated heterocycles. The van der Waals surface area contributed by atoms with Crippen LogP contribution in [0.1, 0.15) is 32.1 Å². The average Bonchev–Trinajstić information content (AvgIpc) is 3.03. The molecular weight excluding hydrogens is 365 g/mol. The summed E-state index contributed by atoms with van der Waals surface area (Å²) in [7, 11) is 0. The third-order valence-corrected chi connectivity index (χ3v) is 7.16. The fourth-order valence-electron chi connectivity index (χ4n) is 4.42. The molecule has 2 heterocycles. The van der Waals surface area contributed by atoms with Gasteiger partial charge < -0.3 is 21.1 Å². The van der Waals surface area contributed by atoms with Gasteiger partial charge in [0.2, 0.25) is 11.8 Å². The second-order valence-electron chi connectivity index (χ2n) is 7.68. The van der Waals surface area contributed by atoms with E-state index in [-0.39, 0.29) is 46.4 Å². The van der Waals surface area contributed by atoms with Crippen molar-refractivity contribution in [2.45, 2.75) is 55.0 Å². The molecule has 2 aliphatic heterocycles. The van der Waals surface area contributed by atoms with Gasteiger partial charge >= 0.3 is 0 Å². The van der Waals surface area contributed by atoms with Gasteiger partial charge in [-0.2, -0.15) is 0 Å². The summed E-state index contributed by atoms with van der Waals surface area (Å²) in [5, 5.41) is 12.7. The molecule has 4 N–H and O–H groups in total. The van der Waals surface area contributed by atoms with Crippen LogP contribution in [0.25, 0.3) is 0 Å². The quantitative estimate of drug-likeness (QED) is 0.616. The van der Waals surface area contributed by atoms with Gasteiger partial charge in [-0.1, -0.05) is 0 Å². The number of hydrogen-bond acceptors (Lipinski definition) is 4. The largest absolute Gasteiger partial charge is 0.393 e. The molecule has 25 heavy (non-hydrogen) atoms. The SMILES string of the molecule is N[C@H](C1CCN(C(=O)[C@@H]2CNC(=O)C2)CC1)C1CC(Cl)C(Cl)CC1O. The van der Waals surface area contributed by atoms with Crippen LogP contribution in [0.4, 0.5) is 0 Å². The van der Waals surface area contributed by atoms with E-state index >= 15 is 0 Å². The first-order valence-corrected chi connectivity index (χ1v) is 10.0. The number of hydrogen-bond donors (Lipinski definition) is 3. The number of likely N-dealkylation sites (tertiary alicyclic amines) is 1. The number of aliphatic hydroxyl groups is 1. The zero-order chi connectivity index (χ0) is 18.1. The molecule has 0 aromatic heterocycles. The molecule has 3 aliphatic rings. The predicted octanol–water partition coefficient (Wildman–Crippen LogP) is 0.674. The number of carbonyl (C=O) groups excluding carboxylic acids is 2. The highest BCUT2D eigenvalue weighted by Gasteiger charge is 2.41. The Kier molecular flexibility index (Phi) is 6.14. The molecule has 4 unspecified atom stereocenters. The first-order chi connectivity index (χ1) is 11.9. The first-order valence-electron chi connectivity index (χ1n) is 9.14. The van der Waals surface area contributed by atoms with Gasteiger partial charge in [0.25, 0.3) is 0 Å². The van der Waals surface area contributed by atoms with E-state index < -0.39 is 6.10 Å². The summed E-state index contributed by atoms with van der Waals surface area (Å²) in [4.78, 5) is 25.6. The minimum atomic E-state index is -0.511. The number of amides is 2. The van der Waals surface area contributed by atoms with Crippen LogP contribution < -0.4 is 11.1 Å². The maximum Gasteiger partial charge on any atom is 0.227 e. The van der Waals surface area contributed by atoms with Crippen LogP contribution in [-0.4, -0.2) is 64.4 Å². The monoisotopic (exact) mass is 391 g/mol. The van der Waals surface area contributed by atoms with Crippen molar-refractivity contribution >= 4 is 35.0 Å². The molecule has 3 fully saturated rings. The summed E-state index contributed by atoms with van der Waals surface area (Å²) < 4.78 is 0. The molecule has 8 heteroatoms. The van der Waals surface area contributed by atoms with Crippen LogP contribution in [0.2, 0.25) is 0 Å². The molecule has 0 radical (unpaired) electrons. The van der Waals surface area contributed by atoms with Crippen LogP contribution in [0.5, 0.6) is 0 Å². The van der Waals surface area contributed by atoms with Crippen molar-refractivity contribution in [3.05, 3.63) is 0 Å². The van der Waals surface area contributed by atoms with Gasteiger partial charge in [0, 0.05) is 38.0 Å². The maximum atomic E-state index is 12.5. The van der Waals surface area contributed by atoms with Gasteiger partial charge in [-0.05, 0) is 31.6 Å². The van der Waals surface area contributed by atoms with Crippen molar-refractivity contribution in [2.75, 3.05) is 19.6 Å². The number of aliphatic hydroxyl groups excluding tert-OH is 1. The fraction of sp³-hybridized carbons (Fsp3) is 0.882. The Labute approximate surface area is 158 Å². The van der Waals surface area contributed by atoms with Crippen molar-refractivity contribution < 1.29 is 14.7 Å². The molecule has 3 rings (SSSR count). The number of halogens is 2. The number of carbonyl (C=O) groups is 2. The summed E-state index contributed by atoms with van der Waals surface area (Å²) in [6, 6.07) is -0.132. The number of rotatable bonds is 3. The molecule has 1 saturated carbocycles. The van der Waals surface area contributed by atoms with Crippen molar-refractivity contribution in [1.29, 1.82) is 0 Å². The Bertz CT molecular complexity index is 513. The molecule has 0 aromatic carbocycles. The van der Waals surface area contributed by atoms with Gasteiger partial charge in [0.05, 0.1) is 22.8 Å². The standard InChI is InChI=1S/C17H27Cl2N3O3/c18-12-6-11(14(23)7-13(12)19)16(20)9-1-3-22(4-2-9)17(25)10-5-15(24)21-8-10/h9-14,16,23H,1-8,20H2,(H,21,24)/t10-,11?,12?,13?,14?,16+/m0/s1. The molecule has 6 atom stereocenters. The van der Waals surface area contributed by atoms with E-state index in [1.807, 2.05) is 4.90 Å². The highest BCUT2D eigenvalue weighted by Crippen LogP contribution is 2.37. The van der Waals surface area contributed by atoms with Crippen molar-refractivity contribution in [3.8, 4) is 0 Å². The van der Waals surface area contributed by atoms with Crippen molar-refractivity contribution in [2.24, 2.45) is 23.5 Å². The smallest absolute Gasteiger partial charge is 0.227 e. The Morgan fingerprint density at radius 2 is 1.88 bits per heavy atom. The Morgan fingerprint density at radius 3 is 2.48 bits per heavy atom. The summed E-state index contributed by atoms with van der Waals surface area (Å²) in [5.74, 6) is 0.0170. The van der Waals surface area contributed by atoms with E-state index in [0.29, 0.717) is 38.9 Å². The zero-order valence-corrected chi connectivity index (χ0v) is 15.8. The topological polar surface area (TPSA) is 95.7 Å². The minimum absolute atomic E-state index is 0.0404. The first kappa shape index (κ1) is 19.2. The second-order valence-corrected chi connectivity index (χ2v) is 8.80. The van der Waals surface area contributed by atoms with E-state index in [9.17, 15) is 14.7 Å². The highest BCUT2D eigenvalue weighted by atomic mass is 35.5. The highest BCUT2D eigenvalue weighted by molar-refractivity contribution is 6.30. The van der Waals surface area contributed by atoms with Gasteiger partial charge in [-0.25, -0.2) is 0 Å². The molecule has 1 aliphatic carbocycles. The van der Waals surface area contributed by atoms with E-state index in [1.165, 1.54) is 0 Å². The molecule has 0 aromatic rings. The predicted molar refractivity (Wildman–Crippen MR) is 96.4 cm³/mol. The third-order valence-electron chi connectivity index (χ3n) is 6.07. The number of alkyl halides is 2. The Morgan fingerprint density at radius 1 is 1.24 bits per heavy atom. The normalized spacial score (nSPS) is 38.5. The third kappa shape index (κ3) is 4.24. The fourth-order valence-corrected chi connectivity index (χ4v) is 5.02. The average molecular weight is 392 g/mol. The van der Waals surface area contributed by atoms with E-state index in [0.717, 1.165) is 12.8 Å². The maximum absolute atomic E-state index is 12.5. The molecule has 2 amide bonds. The lowest BCUT2D eigenvalue weighted by Gasteiger charge is -2.42. The number of nitrogens with one attached hydrogen (secondary N) is 1. The summed E-state index contributed by atoms with van der Waals surface area (Å²) in [6.07, 6.45) is 2.54. The number of nitrogens with zero attached hydrogens (tertiary/aromatic N) is 1. The van der Waals surface area contributed by atoms with Gasteiger partial charge in [0.1, 0.15) is 0 Å². The second kappa shape index (κ2) is 7.99.